The number of nitrogens with one attached hydrogen (secondary N) is 2. The Labute approximate surface area is 168 Å². The van der Waals surface area contributed by atoms with Crippen LogP contribution in [0.1, 0.15) is 34.3 Å². The molecule has 0 fully saturated rings. The van der Waals surface area contributed by atoms with Crippen molar-refractivity contribution in [2.75, 3.05) is 18.9 Å². The molecule has 1 atom stereocenters. The third-order valence-corrected chi connectivity index (χ3v) is 5.58. The Kier molecular flexibility index (Phi) is 5.90. The molecular weight excluding hydrogens is 374 g/mol. The first-order chi connectivity index (χ1) is 13.3. The van der Waals surface area contributed by atoms with Gasteiger partial charge in [0.1, 0.15) is 17.2 Å². The number of hydrogen-bond donors (Lipinski definition) is 2. The highest BCUT2D eigenvalue weighted by Gasteiger charge is 2.16. The van der Waals surface area contributed by atoms with E-state index in [0.29, 0.717) is 17.2 Å². The quantitative estimate of drug-likeness (QED) is 0.653. The van der Waals surface area contributed by atoms with Gasteiger partial charge in [0.25, 0.3) is 11.5 Å². The maximum absolute atomic E-state index is 12.5. The summed E-state index contributed by atoms with van der Waals surface area (Å²) in [4.78, 5) is 30.8. The first kappa shape index (κ1) is 20.2. The van der Waals surface area contributed by atoms with E-state index in [1.54, 1.807) is 0 Å². The first-order valence-electron chi connectivity index (χ1n) is 9.34. The lowest BCUT2D eigenvalue weighted by Gasteiger charge is -2.16. The standard InChI is InChI=1S/C20H25N5O2S/c1-6-17-23-25-18(27)9-15(21-20(25)28-17)10-24(5)11-16(26)22-19-13(3)7-12(2)8-14(19)4/h7-9H,6,10-11H2,1-5H3,(H,22,26)/p+1. The Balaban J connectivity index is 1.68. The topological polar surface area (TPSA) is 80.8 Å². The molecule has 0 aliphatic carbocycles. The zero-order valence-electron chi connectivity index (χ0n) is 16.9. The molecule has 0 saturated heterocycles. The van der Waals surface area contributed by atoms with Crippen molar-refractivity contribution < 1.29 is 9.69 Å². The van der Waals surface area contributed by atoms with Crippen LogP contribution in [0.4, 0.5) is 5.69 Å². The molecule has 28 heavy (non-hydrogen) atoms. The zero-order chi connectivity index (χ0) is 20.4. The molecule has 148 valence electrons. The van der Waals surface area contributed by atoms with E-state index in [0.717, 1.165) is 33.1 Å². The van der Waals surface area contributed by atoms with Gasteiger partial charge in [-0.1, -0.05) is 36.0 Å². The van der Waals surface area contributed by atoms with E-state index in [-0.39, 0.29) is 18.0 Å². The summed E-state index contributed by atoms with van der Waals surface area (Å²) in [5.74, 6) is -0.0589. The maximum Gasteiger partial charge on any atom is 0.279 e. The van der Waals surface area contributed by atoms with Crippen molar-refractivity contribution in [1.82, 2.24) is 14.6 Å². The van der Waals surface area contributed by atoms with Crippen LogP contribution in [0.2, 0.25) is 0 Å². The summed E-state index contributed by atoms with van der Waals surface area (Å²) < 4.78 is 1.35. The minimum absolute atomic E-state index is 0.0589. The number of amides is 1. The normalized spacial score (nSPS) is 12.3. The van der Waals surface area contributed by atoms with Crippen molar-refractivity contribution in [3.8, 4) is 0 Å². The first-order valence-corrected chi connectivity index (χ1v) is 10.2. The molecule has 2 heterocycles. The highest BCUT2D eigenvalue weighted by atomic mass is 32.1. The average molecular weight is 401 g/mol. The van der Waals surface area contributed by atoms with Crippen LogP contribution in [-0.4, -0.2) is 34.1 Å². The SMILES string of the molecule is CCc1nn2c(=O)cc(C[NH+](C)CC(=O)Nc3c(C)cc(C)cc3C)nc2s1. The van der Waals surface area contributed by atoms with Crippen LogP contribution in [-0.2, 0) is 17.8 Å². The van der Waals surface area contributed by atoms with Gasteiger partial charge in [0.15, 0.2) is 6.54 Å². The molecule has 0 bridgehead atoms. The highest BCUT2D eigenvalue weighted by Crippen LogP contribution is 2.21. The number of carbonyl (C=O) groups is 1. The number of benzene rings is 1. The summed E-state index contributed by atoms with van der Waals surface area (Å²) in [6.45, 7) is 8.82. The molecule has 0 radical (unpaired) electrons. The number of fused-ring (bicyclic) bond motifs is 1. The fourth-order valence-corrected chi connectivity index (χ4v) is 4.19. The van der Waals surface area contributed by atoms with E-state index < -0.39 is 0 Å². The summed E-state index contributed by atoms with van der Waals surface area (Å²) in [5, 5.41) is 8.16. The summed E-state index contributed by atoms with van der Waals surface area (Å²) in [6, 6.07) is 5.62. The van der Waals surface area contributed by atoms with Gasteiger partial charge >= 0.3 is 0 Å². The van der Waals surface area contributed by atoms with Crippen LogP contribution in [0.25, 0.3) is 4.96 Å². The van der Waals surface area contributed by atoms with E-state index >= 15 is 0 Å². The average Bonchev–Trinajstić information content (AvgIpc) is 3.01. The smallest absolute Gasteiger partial charge is 0.279 e. The molecule has 0 spiro atoms. The molecule has 2 aromatic heterocycles. The van der Waals surface area contributed by atoms with Gasteiger partial charge in [0.05, 0.1) is 7.05 Å². The molecule has 0 aliphatic rings. The fourth-order valence-electron chi connectivity index (χ4n) is 3.34. The largest absolute Gasteiger partial charge is 0.325 e. The lowest BCUT2D eigenvalue weighted by Crippen LogP contribution is -3.08. The molecule has 0 saturated carbocycles. The fraction of sp³-hybridized carbons (Fsp3) is 0.400. The second-order valence-electron chi connectivity index (χ2n) is 7.26. The predicted octanol–water partition coefficient (Wildman–Crippen LogP) is 1.29. The number of nitrogens with zero attached hydrogens (tertiary/aromatic N) is 3. The summed E-state index contributed by atoms with van der Waals surface area (Å²) in [5.41, 5.74) is 4.65. The van der Waals surface area contributed by atoms with Gasteiger partial charge in [0.2, 0.25) is 4.96 Å². The van der Waals surface area contributed by atoms with E-state index in [2.05, 4.69) is 27.5 Å². The lowest BCUT2D eigenvalue weighted by atomic mass is 10.1. The Hall–Kier alpha value is -2.58. The number of anilines is 1. The number of likely N-dealkylation sites (N-methyl/N-ethyl adjacent to an activating group) is 1. The molecule has 2 N–H and O–H groups in total. The van der Waals surface area contributed by atoms with Gasteiger partial charge < -0.3 is 10.2 Å². The van der Waals surface area contributed by atoms with Crippen molar-refractivity contribution in [3.05, 3.63) is 55.9 Å². The summed E-state index contributed by atoms with van der Waals surface area (Å²) >= 11 is 1.42. The van der Waals surface area contributed by atoms with Gasteiger partial charge in [-0.2, -0.15) is 9.61 Å². The van der Waals surface area contributed by atoms with E-state index in [9.17, 15) is 9.59 Å². The van der Waals surface area contributed by atoms with Crippen molar-refractivity contribution in [3.63, 3.8) is 0 Å². The number of carbonyl (C=O) groups excluding carboxylic acids is 1. The lowest BCUT2D eigenvalue weighted by molar-refractivity contribution is -0.885. The molecule has 7 nitrogen and oxygen atoms in total. The Morgan fingerprint density at radius 2 is 1.89 bits per heavy atom. The number of aromatic nitrogens is 3. The van der Waals surface area contributed by atoms with Crippen molar-refractivity contribution in [1.29, 1.82) is 0 Å². The van der Waals surface area contributed by atoms with Crippen LogP contribution in [0.3, 0.4) is 0 Å². The molecule has 3 rings (SSSR count). The second-order valence-corrected chi connectivity index (χ2v) is 8.30. The molecule has 0 aliphatic heterocycles. The zero-order valence-corrected chi connectivity index (χ0v) is 17.7. The van der Waals surface area contributed by atoms with Gasteiger partial charge in [-0.05, 0) is 38.3 Å². The monoisotopic (exact) mass is 400 g/mol. The number of aryl methyl sites for hydroxylation is 4. The van der Waals surface area contributed by atoms with Crippen molar-refractivity contribution in [2.24, 2.45) is 0 Å². The van der Waals surface area contributed by atoms with Gasteiger partial charge in [-0.3, -0.25) is 9.59 Å². The number of rotatable bonds is 6. The van der Waals surface area contributed by atoms with Crippen LogP contribution in [0, 0.1) is 20.8 Å². The van der Waals surface area contributed by atoms with Crippen LogP contribution in [0.5, 0.6) is 0 Å². The second kappa shape index (κ2) is 8.20. The maximum atomic E-state index is 12.5. The van der Waals surface area contributed by atoms with E-state index in [1.807, 2.05) is 34.7 Å². The highest BCUT2D eigenvalue weighted by molar-refractivity contribution is 7.16. The van der Waals surface area contributed by atoms with Crippen molar-refractivity contribution in [2.45, 2.75) is 40.7 Å². The Morgan fingerprint density at radius 1 is 1.21 bits per heavy atom. The van der Waals surface area contributed by atoms with Crippen LogP contribution >= 0.6 is 11.3 Å². The van der Waals surface area contributed by atoms with Crippen molar-refractivity contribution >= 4 is 27.9 Å². The predicted molar refractivity (Wildman–Crippen MR) is 111 cm³/mol. The van der Waals surface area contributed by atoms with E-state index in [4.69, 9.17) is 0 Å². The van der Waals surface area contributed by atoms with Gasteiger partial charge in [-0.15, -0.1) is 0 Å². The molecule has 3 aromatic rings. The Morgan fingerprint density at radius 3 is 2.54 bits per heavy atom. The van der Waals surface area contributed by atoms with Crippen LogP contribution < -0.4 is 15.8 Å². The molecule has 1 amide bonds. The minimum atomic E-state index is -0.181. The third-order valence-electron chi connectivity index (χ3n) is 4.53. The summed E-state index contributed by atoms with van der Waals surface area (Å²) in [6.07, 6.45) is 0.770. The van der Waals surface area contributed by atoms with Gasteiger partial charge in [-0.25, -0.2) is 4.98 Å². The number of quaternary nitrogens is 1. The Bertz CT molecular complexity index is 1060. The van der Waals surface area contributed by atoms with Gasteiger partial charge in [0, 0.05) is 11.8 Å². The van der Waals surface area contributed by atoms with Crippen LogP contribution in [0.15, 0.2) is 23.0 Å². The van der Waals surface area contributed by atoms with E-state index in [1.165, 1.54) is 27.5 Å². The number of hydrogen-bond acceptors (Lipinski definition) is 5. The summed E-state index contributed by atoms with van der Waals surface area (Å²) in [7, 11) is 1.92. The third kappa shape index (κ3) is 4.45. The molecule has 1 unspecified atom stereocenters. The molecular formula is C20H26N5O2S+. The molecule has 1 aromatic carbocycles. The molecule has 8 heteroatoms. The minimum Gasteiger partial charge on any atom is -0.325 e.